The third kappa shape index (κ3) is 2.94. The van der Waals surface area contributed by atoms with E-state index in [2.05, 4.69) is 54.5 Å². The summed E-state index contributed by atoms with van der Waals surface area (Å²) in [5, 5.41) is 0. The number of hydrogen-bond acceptors (Lipinski definition) is 2. The van der Waals surface area contributed by atoms with Crippen LogP contribution < -0.4 is 5.73 Å². The van der Waals surface area contributed by atoms with Gasteiger partial charge >= 0.3 is 0 Å². The van der Waals surface area contributed by atoms with Crippen molar-refractivity contribution in [3.05, 3.63) is 11.6 Å². The highest BCUT2D eigenvalue weighted by molar-refractivity contribution is 5.80. The maximum atomic E-state index is 12.5. The van der Waals surface area contributed by atoms with Crippen LogP contribution in [0.2, 0.25) is 0 Å². The first-order valence-electron chi connectivity index (χ1n) is 14.2. The molecule has 5 rings (SSSR count). The molecule has 3 nitrogen and oxygen atoms in total. The van der Waals surface area contributed by atoms with Crippen molar-refractivity contribution in [2.45, 2.75) is 119 Å². The standard InChI is InChI=1S/C31H51NO2/c1-26(2)22-11-14-31(7)23(29(22,5)13-12-24(26)34-8)10-9-20-21-19-28(4,25(32)33)16-15-27(21,3)17-18-30(20,31)6/h9,21-24H,10-19H2,1-8H3,(H2,32,33)/t21-,22?,23-,24?,27-,28?,29+,30-,31-/m1/s1. The maximum Gasteiger partial charge on any atom is 0.223 e. The normalized spacial score (nSPS) is 54.1. The molecule has 4 saturated carbocycles. The van der Waals surface area contributed by atoms with Gasteiger partial charge in [-0.2, -0.15) is 0 Å². The largest absolute Gasteiger partial charge is 0.381 e. The number of hydrogen-bond donors (Lipinski definition) is 1. The quantitative estimate of drug-likeness (QED) is 0.432. The molecule has 3 heteroatoms. The molecule has 2 N–H and O–H groups in total. The van der Waals surface area contributed by atoms with Crippen LogP contribution in [0.1, 0.15) is 113 Å². The number of carbonyl (C=O) groups excluding carboxylic acids is 1. The number of allylic oxidation sites excluding steroid dienone is 2. The Morgan fingerprint density at radius 2 is 1.59 bits per heavy atom. The van der Waals surface area contributed by atoms with E-state index >= 15 is 0 Å². The molecule has 0 bridgehead atoms. The van der Waals surface area contributed by atoms with Crippen molar-refractivity contribution in [3.63, 3.8) is 0 Å². The van der Waals surface area contributed by atoms with Crippen LogP contribution in [-0.4, -0.2) is 19.1 Å². The third-order valence-electron chi connectivity index (χ3n) is 13.7. The molecule has 4 fully saturated rings. The first kappa shape index (κ1) is 24.8. The van der Waals surface area contributed by atoms with Gasteiger partial charge in [0.05, 0.1) is 6.10 Å². The van der Waals surface area contributed by atoms with Gasteiger partial charge in [0.2, 0.25) is 5.91 Å². The third-order valence-corrected chi connectivity index (χ3v) is 13.7. The highest BCUT2D eigenvalue weighted by atomic mass is 16.5. The van der Waals surface area contributed by atoms with Crippen molar-refractivity contribution in [3.8, 4) is 0 Å². The topological polar surface area (TPSA) is 52.3 Å². The van der Waals surface area contributed by atoms with E-state index in [9.17, 15) is 4.79 Å². The Kier molecular flexibility index (Phi) is 5.38. The fourth-order valence-corrected chi connectivity index (χ4v) is 11.0. The van der Waals surface area contributed by atoms with Crippen molar-refractivity contribution in [1.82, 2.24) is 0 Å². The molecule has 0 aromatic rings. The highest BCUT2D eigenvalue weighted by Gasteiger charge is 2.68. The number of amides is 1. The second kappa shape index (κ2) is 7.36. The Labute approximate surface area is 209 Å². The van der Waals surface area contributed by atoms with Crippen molar-refractivity contribution in [1.29, 1.82) is 0 Å². The summed E-state index contributed by atoms with van der Waals surface area (Å²) in [7, 11) is 1.92. The summed E-state index contributed by atoms with van der Waals surface area (Å²) in [4.78, 5) is 12.5. The molecule has 0 aromatic carbocycles. The van der Waals surface area contributed by atoms with E-state index in [0.717, 1.165) is 31.1 Å². The molecule has 0 heterocycles. The second-order valence-electron chi connectivity index (χ2n) is 15.2. The molecule has 0 radical (unpaired) electrons. The fraction of sp³-hybridized carbons (Fsp3) is 0.903. The first-order valence-corrected chi connectivity index (χ1v) is 14.2. The van der Waals surface area contributed by atoms with Gasteiger partial charge in [-0.05, 0) is 109 Å². The summed E-state index contributed by atoms with van der Waals surface area (Å²) in [5.41, 5.74) is 8.79. The van der Waals surface area contributed by atoms with Crippen LogP contribution in [0.5, 0.6) is 0 Å². The maximum absolute atomic E-state index is 12.5. The molecular weight excluding hydrogens is 418 g/mol. The van der Waals surface area contributed by atoms with Crippen LogP contribution in [-0.2, 0) is 9.53 Å². The van der Waals surface area contributed by atoms with Gasteiger partial charge in [0, 0.05) is 12.5 Å². The zero-order valence-corrected chi connectivity index (χ0v) is 23.4. The summed E-state index contributed by atoms with van der Waals surface area (Å²) >= 11 is 0. The molecule has 9 atom stereocenters. The van der Waals surface area contributed by atoms with E-state index in [-0.39, 0.29) is 22.2 Å². The zero-order chi connectivity index (χ0) is 24.9. The van der Waals surface area contributed by atoms with E-state index in [4.69, 9.17) is 10.5 Å². The van der Waals surface area contributed by atoms with Gasteiger partial charge < -0.3 is 10.5 Å². The predicted molar refractivity (Wildman–Crippen MR) is 139 cm³/mol. The van der Waals surface area contributed by atoms with E-state index in [1.54, 1.807) is 5.57 Å². The lowest BCUT2D eigenvalue weighted by molar-refractivity contribution is -0.207. The molecule has 5 aliphatic rings. The Balaban J connectivity index is 1.56. The number of primary amides is 1. The monoisotopic (exact) mass is 469 g/mol. The number of rotatable bonds is 2. The van der Waals surface area contributed by atoms with Crippen molar-refractivity contribution >= 4 is 5.91 Å². The molecule has 0 saturated heterocycles. The average molecular weight is 470 g/mol. The van der Waals surface area contributed by atoms with E-state index < -0.39 is 0 Å². The van der Waals surface area contributed by atoms with Crippen LogP contribution in [0, 0.1) is 50.2 Å². The highest BCUT2D eigenvalue weighted by Crippen LogP contribution is 2.75. The summed E-state index contributed by atoms with van der Waals surface area (Å²) < 4.78 is 6.03. The second-order valence-corrected chi connectivity index (χ2v) is 15.2. The fourth-order valence-electron chi connectivity index (χ4n) is 11.0. The Hall–Kier alpha value is -0.830. The number of fused-ring (bicyclic) bond motifs is 7. The number of ether oxygens (including phenoxy) is 1. The molecule has 192 valence electrons. The van der Waals surface area contributed by atoms with Crippen LogP contribution in [0.3, 0.4) is 0 Å². The zero-order valence-electron chi connectivity index (χ0n) is 23.4. The number of nitrogens with two attached hydrogens (primary N) is 1. The Morgan fingerprint density at radius 3 is 2.24 bits per heavy atom. The number of methoxy groups -OCH3 is 1. The van der Waals surface area contributed by atoms with Gasteiger partial charge in [-0.25, -0.2) is 0 Å². The van der Waals surface area contributed by atoms with Crippen LogP contribution in [0.15, 0.2) is 11.6 Å². The molecule has 0 aliphatic heterocycles. The van der Waals surface area contributed by atoms with E-state index in [1.165, 1.54) is 44.9 Å². The van der Waals surface area contributed by atoms with Gasteiger partial charge in [0.25, 0.3) is 0 Å². The summed E-state index contributed by atoms with van der Waals surface area (Å²) in [6.45, 7) is 17.5. The first-order chi connectivity index (χ1) is 15.7. The van der Waals surface area contributed by atoms with Gasteiger partial charge in [0.1, 0.15) is 0 Å². The average Bonchev–Trinajstić information content (AvgIpc) is 2.75. The SMILES string of the molecule is COC1CC[C@@]2(C)C(CC[C@]3(C)[C@@H]2CC=C2[C@H]4CC(C)(C(N)=O)CC[C@]4(C)CC[C@]23C)C1(C)C. The van der Waals surface area contributed by atoms with Gasteiger partial charge in [-0.1, -0.05) is 60.1 Å². The molecule has 0 spiro atoms. The van der Waals surface area contributed by atoms with Crippen molar-refractivity contribution in [2.75, 3.05) is 7.11 Å². The molecule has 1 amide bonds. The summed E-state index contributed by atoms with van der Waals surface area (Å²) in [5.74, 6) is 1.85. The van der Waals surface area contributed by atoms with Crippen LogP contribution in [0.25, 0.3) is 0 Å². The Morgan fingerprint density at radius 1 is 0.912 bits per heavy atom. The lowest BCUT2D eigenvalue weighted by Gasteiger charge is -2.71. The smallest absolute Gasteiger partial charge is 0.223 e. The minimum Gasteiger partial charge on any atom is -0.381 e. The molecule has 3 unspecified atom stereocenters. The van der Waals surface area contributed by atoms with Gasteiger partial charge in [0.15, 0.2) is 0 Å². The lowest BCUT2D eigenvalue weighted by Crippen LogP contribution is -2.64. The molecule has 0 aromatic heterocycles. The van der Waals surface area contributed by atoms with Gasteiger partial charge in [-0.15, -0.1) is 0 Å². The summed E-state index contributed by atoms with van der Waals surface area (Å²) in [6, 6.07) is 0. The van der Waals surface area contributed by atoms with E-state index in [0.29, 0.717) is 28.3 Å². The lowest BCUT2D eigenvalue weighted by atomic mass is 9.33. The molecule has 5 aliphatic carbocycles. The predicted octanol–water partition coefficient (Wildman–Crippen LogP) is 7.29. The Bertz CT molecular complexity index is 907. The summed E-state index contributed by atoms with van der Waals surface area (Å²) in [6.07, 6.45) is 15.0. The van der Waals surface area contributed by atoms with Crippen LogP contribution >= 0.6 is 0 Å². The molecule has 34 heavy (non-hydrogen) atoms. The minimum absolute atomic E-state index is 0.0903. The van der Waals surface area contributed by atoms with Crippen LogP contribution in [0.4, 0.5) is 0 Å². The number of carbonyl (C=O) groups is 1. The van der Waals surface area contributed by atoms with E-state index in [1.807, 2.05) is 7.11 Å². The van der Waals surface area contributed by atoms with Crippen molar-refractivity contribution in [2.24, 2.45) is 56.0 Å². The molecular formula is C31H51NO2. The van der Waals surface area contributed by atoms with Crippen molar-refractivity contribution < 1.29 is 9.53 Å². The van der Waals surface area contributed by atoms with Gasteiger partial charge in [-0.3, -0.25) is 4.79 Å². The minimum atomic E-state index is -0.354.